The Morgan fingerprint density at radius 3 is 3.04 bits per heavy atom. The molecule has 140 valence electrons. The maximum atomic E-state index is 9.68. The first-order valence-electron chi connectivity index (χ1n) is 9.04. The van der Waals surface area contributed by atoms with Gasteiger partial charge < -0.3 is 24.5 Å². The number of hydrogen-bond donors (Lipinski definition) is 2. The molecule has 2 heterocycles. The lowest BCUT2D eigenvalue weighted by molar-refractivity contribution is 0.141. The first kappa shape index (κ1) is 19.2. The van der Waals surface area contributed by atoms with E-state index in [0.717, 1.165) is 30.5 Å². The molecule has 7 nitrogen and oxygen atoms in total. The fourth-order valence-corrected chi connectivity index (χ4v) is 2.70. The maximum absolute atomic E-state index is 9.68. The summed E-state index contributed by atoms with van der Waals surface area (Å²) in [6.07, 6.45) is 2.13. The molecule has 0 atom stereocenters. The third kappa shape index (κ3) is 4.98. The van der Waals surface area contributed by atoms with Gasteiger partial charge in [0.15, 0.2) is 0 Å². The predicted molar refractivity (Wildman–Crippen MR) is 102 cm³/mol. The number of ether oxygens (including phenoxy) is 2. The van der Waals surface area contributed by atoms with E-state index in [9.17, 15) is 10.3 Å². The van der Waals surface area contributed by atoms with E-state index in [4.69, 9.17) is 14.1 Å². The van der Waals surface area contributed by atoms with Gasteiger partial charge in [-0.3, -0.25) is 0 Å². The van der Waals surface area contributed by atoms with Gasteiger partial charge in [0.2, 0.25) is 5.88 Å². The van der Waals surface area contributed by atoms with Crippen molar-refractivity contribution in [3.63, 3.8) is 0 Å². The van der Waals surface area contributed by atoms with E-state index in [1.165, 1.54) is 0 Å². The normalized spacial score (nSPS) is 12.6. The molecule has 8 heteroatoms. The van der Waals surface area contributed by atoms with Gasteiger partial charge >= 0.3 is 7.12 Å². The zero-order valence-corrected chi connectivity index (χ0v) is 15.3. The van der Waals surface area contributed by atoms with Crippen molar-refractivity contribution in [3.8, 4) is 17.7 Å². The molecule has 2 aromatic rings. The van der Waals surface area contributed by atoms with E-state index in [1.807, 2.05) is 6.07 Å². The molecule has 0 bridgehead atoms. The quantitative estimate of drug-likeness (QED) is 0.518. The fourth-order valence-electron chi connectivity index (χ4n) is 2.70. The summed E-state index contributed by atoms with van der Waals surface area (Å²) in [6.45, 7) is 4.30. The van der Waals surface area contributed by atoms with Crippen molar-refractivity contribution in [3.05, 3.63) is 41.5 Å². The lowest BCUT2D eigenvalue weighted by Crippen LogP contribution is -2.27. The lowest BCUT2D eigenvalue weighted by Gasteiger charge is -2.11. The van der Waals surface area contributed by atoms with Gasteiger partial charge in [0.05, 0.1) is 18.8 Å². The third-order valence-electron chi connectivity index (χ3n) is 4.17. The van der Waals surface area contributed by atoms with Gasteiger partial charge in [-0.1, -0.05) is 19.4 Å². The van der Waals surface area contributed by atoms with E-state index < -0.39 is 7.12 Å². The average molecular weight is 367 g/mol. The molecule has 1 aliphatic heterocycles. The Hall–Kier alpha value is -2.60. The van der Waals surface area contributed by atoms with E-state index >= 15 is 0 Å². The highest BCUT2D eigenvalue weighted by Crippen LogP contribution is 2.24. The maximum Gasteiger partial charge on any atom is 0.491 e. The number of aromatic nitrogens is 1. The molecular formula is C19H22BN3O4. The smallest absolute Gasteiger partial charge is 0.439 e. The first-order valence-corrected chi connectivity index (χ1v) is 9.04. The highest BCUT2D eigenvalue weighted by Gasteiger charge is 2.27. The number of pyridine rings is 1. The third-order valence-corrected chi connectivity index (χ3v) is 4.17. The minimum absolute atomic E-state index is 0.347. The van der Waals surface area contributed by atoms with Crippen LogP contribution in [0.15, 0.2) is 30.3 Å². The molecule has 1 aromatic heterocycles. The van der Waals surface area contributed by atoms with Gasteiger partial charge in [0.1, 0.15) is 17.6 Å². The molecule has 0 saturated heterocycles. The van der Waals surface area contributed by atoms with Crippen LogP contribution in [-0.4, -0.2) is 36.9 Å². The van der Waals surface area contributed by atoms with Gasteiger partial charge in [-0.05, 0) is 35.6 Å². The highest BCUT2D eigenvalue weighted by atomic mass is 16.5. The number of nitrogens with one attached hydrogen (secondary N) is 1. The van der Waals surface area contributed by atoms with Crippen LogP contribution in [0.5, 0.6) is 11.6 Å². The van der Waals surface area contributed by atoms with Crippen molar-refractivity contribution in [2.45, 2.75) is 26.4 Å². The average Bonchev–Trinajstić information content (AvgIpc) is 3.05. The first-order chi connectivity index (χ1) is 13.2. The van der Waals surface area contributed by atoms with Crippen LogP contribution in [0.3, 0.4) is 0 Å². The lowest BCUT2D eigenvalue weighted by atomic mass is 9.80. The van der Waals surface area contributed by atoms with Crippen molar-refractivity contribution in [2.24, 2.45) is 0 Å². The molecule has 0 amide bonds. The summed E-state index contributed by atoms with van der Waals surface area (Å²) < 4.78 is 16.5. The zero-order chi connectivity index (χ0) is 19.1. The minimum Gasteiger partial charge on any atom is -0.439 e. The Morgan fingerprint density at radius 2 is 2.22 bits per heavy atom. The van der Waals surface area contributed by atoms with Crippen LogP contribution in [0.1, 0.15) is 30.9 Å². The van der Waals surface area contributed by atoms with Crippen LogP contribution >= 0.6 is 0 Å². The Morgan fingerprint density at radius 1 is 1.33 bits per heavy atom. The summed E-state index contributed by atoms with van der Waals surface area (Å²) in [5.41, 5.74) is 2.08. The molecule has 0 fully saturated rings. The van der Waals surface area contributed by atoms with Crippen molar-refractivity contribution in [1.29, 1.82) is 5.26 Å². The molecule has 1 aliphatic rings. The SMILES string of the molecule is CCCCOCCNc1nc(Oc2ccc3c(c2)COB3O)ccc1C#N. The van der Waals surface area contributed by atoms with E-state index in [-0.39, 0.29) is 0 Å². The summed E-state index contributed by atoms with van der Waals surface area (Å²) in [5, 5.41) is 22.1. The molecule has 0 radical (unpaired) electrons. The van der Waals surface area contributed by atoms with Crippen LogP contribution in [0.4, 0.5) is 5.82 Å². The second-order valence-electron chi connectivity index (χ2n) is 6.18. The summed E-state index contributed by atoms with van der Waals surface area (Å²) in [7, 11) is -0.877. The monoisotopic (exact) mass is 367 g/mol. The number of anilines is 1. The van der Waals surface area contributed by atoms with Gasteiger partial charge in [-0.15, -0.1) is 0 Å². The van der Waals surface area contributed by atoms with Crippen molar-refractivity contribution in [2.75, 3.05) is 25.1 Å². The Kier molecular flexibility index (Phi) is 6.66. The fraction of sp³-hybridized carbons (Fsp3) is 0.368. The number of rotatable bonds is 9. The molecule has 3 rings (SSSR count). The highest BCUT2D eigenvalue weighted by molar-refractivity contribution is 6.61. The second kappa shape index (κ2) is 9.37. The number of unbranched alkanes of at least 4 members (excludes halogenated alkanes) is 1. The predicted octanol–water partition coefficient (Wildman–Crippen LogP) is 2.19. The number of hydrogen-bond acceptors (Lipinski definition) is 7. The molecule has 2 N–H and O–H groups in total. The van der Waals surface area contributed by atoms with Gasteiger partial charge in [-0.25, -0.2) is 0 Å². The summed E-state index contributed by atoms with van der Waals surface area (Å²) >= 11 is 0. The van der Waals surface area contributed by atoms with Crippen molar-refractivity contribution < 1.29 is 19.2 Å². The van der Waals surface area contributed by atoms with Crippen molar-refractivity contribution >= 4 is 18.4 Å². The van der Waals surface area contributed by atoms with Crippen LogP contribution in [-0.2, 0) is 16.0 Å². The van der Waals surface area contributed by atoms with Crippen LogP contribution in [0, 0.1) is 11.3 Å². The number of benzene rings is 1. The summed E-state index contributed by atoms with van der Waals surface area (Å²) in [6, 6.07) is 10.8. The molecule has 0 saturated carbocycles. The second-order valence-corrected chi connectivity index (χ2v) is 6.18. The minimum atomic E-state index is -0.877. The summed E-state index contributed by atoms with van der Waals surface area (Å²) in [5.74, 6) is 1.44. The largest absolute Gasteiger partial charge is 0.491 e. The molecule has 0 unspecified atom stereocenters. The van der Waals surface area contributed by atoms with Crippen LogP contribution < -0.4 is 15.5 Å². The molecule has 0 aliphatic carbocycles. The number of nitriles is 1. The molecule has 27 heavy (non-hydrogen) atoms. The standard InChI is InChI=1S/C19H22BN3O4/c1-2-3-9-25-10-8-22-19-14(12-21)4-7-18(23-19)27-16-5-6-17-15(11-16)13-26-20(17)24/h4-7,11,24H,2-3,8-10,13H2,1H3,(H,22,23). The van der Waals surface area contributed by atoms with E-state index in [0.29, 0.717) is 42.8 Å². The molecule has 1 aromatic carbocycles. The van der Waals surface area contributed by atoms with E-state index in [1.54, 1.807) is 24.3 Å². The number of fused-ring (bicyclic) bond motifs is 1. The Balaban J connectivity index is 1.63. The molecule has 0 spiro atoms. The zero-order valence-electron chi connectivity index (χ0n) is 15.3. The Labute approximate surface area is 159 Å². The van der Waals surface area contributed by atoms with Crippen LogP contribution in [0.2, 0.25) is 0 Å². The van der Waals surface area contributed by atoms with Crippen LogP contribution in [0.25, 0.3) is 0 Å². The topological polar surface area (TPSA) is 96.6 Å². The van der Waals surface area contributed by atoms with Crippen molar-refractivity contribution in [1.82, 2.24) is 4.98 Å². The van der Waals surface area contributed by atoms with Gasteiger partial charge in [-0.2, -0.15) is 10.2 Å². The number of nitrogens with zero attached hydrogens (tertiary/aromatic N) is 2. The molecular weight excluding hydrogens is 345 g/mol. The summed E-state index contributed by atoms with van der Waals surface area (Å²) in [4.78, 5) is 4.39. The van der Waals surface area contributed by atoms with E-state index in [2.05, 4.69) is 23.3 Å². The van der Waals surface area contributed by atoms with Gasteiger partial charge in [0, 0.05) is 19.2 Å². The Bertz CT molecular complexity index is 825. The van der Waals surface area contributed by atoms with Gasteiger partial charge in [0.25, 0.3) is 0 Å².